The summed E-state index contributed by atoms with van der Waals surface area (Å²) < 4.78 is 35.9. The van der Waals surface area contributed by atoms with Crippen LogP contribution in [0.4, 0.5) is 0 Å². The molecule has 0 unspecified atom stereocenters. The fourth-order valence-corrected chi connectivity index (χ4v) is 3.78. The Morgan fingerprint density at radius 1 is 1.26 bits per heavy atom. The first kappa shape index (κ1) is 16.6. The van der Waals surface area contributed by atoms with E-state index >= 15 is 0 Å². The van der Waals surface area contributed by atoms with Crippen molar-refractivity contribution in [1.82, 2.24) is 14.5 Å². The Balaban J connectivity index is 1.68. The molecule has 1 aliphatic carbocycles. The number of hydrogen-bond acceptors (Lipinski definition) is 6. The molecule has 23 heavy (non-hydrogen) atoms. The lowest BCUT2D eigenvalue weighted by Gasteiger charge is -2.29. The molecule has 128 valence electrons. The topological polar surface area (TPSA) is 85.5 Å². The van der Waals surface area contributed by atoms with E-state index < -0.39 is 16.1 Å². The molecule has 3 rings (SSSR count). The summed E-state index contributed by atoms with van der Waals surface area (Å²) in [5.74, 6) is 1.60. The predicted molar refractivity (Wildman–Crippen MR) is 85.0 cm³/mol. The van der Waals surface area contributed by atoms with Crippen LogP contribution in [0.15, 0.2) is 9.99 Å². The zero-order valence-electron chi connectivity index (χ0n) is 13.6. The maximum Gasteiger partial charge on any atom is 0.246 e. The van der Waals surface area contributed by atoms with Crippen molar-refractivity contribution in [2.45, 2.75) is 38.7 Å². The molecule has 2 fully saturated rings. The number of nitrogens with zero attached hydrogens (tertiary/aromatic N) is 3. The smallest absolute Gasteiger partial charge is 0.246 e. The van der Waals surface area contributed by atoms with Gasteiger partial charge in [0.2, 0.25) is 21.8 Å². The summed E-state index contributed by atoms with van der Waals surface area (Å²) in [6, 6.07) is 0. The molecule has 1 aromatic heterocycles. The molecule has 2 aliphatic rings. The van der Waals surface area contributed by atoms with Gasteiger partial charge in [-0.05, 0) is 31.6 Å². The van der Waals surface area contributed by atoms with Crippen LogP contribution >= 0.6 is 0 Å². The second-order valence-corrected chi connectivity index (χ2v) is 8.43. The lowest BCUT2D eigenvalue weighted by atomic mass is 9.87. The van der Waals surface area contributed by atoms with Crippen LogP contribution in [0.3, 0.4) is 0 Å². The van der Waals surface area contributed by atoms with E-state index in [4.69, 9.17) is 9.15 Å². The molecule has 1 saturated carbocycles. The fraction of sp³-hybridized carbons (Fsp3) is 0.733. The minimum atomic E-state index is -3.24. The highest BCUT2D eigenvalue weighted by molar-refractivity contribution is 7.88. The van der Waals surface area contributed by atoms with Crippen molar-refractivity contribution in [2.75, 3.05) is 26.0 Å². The van der Waals surface area contributed by atoms with Gasteiger partial charge in [-0.25, -0.2) is 8.42 Å². The number of ether oxygens (including phenoxy) is 1. The number of morpholine rings is 1. The summed E-state index contributed by atoms with van der Waals surface area (Å²) >= 11 is 0. The highest BCUT2D eigenvalue weighted by atomic mass is 32.2. The van der Waals surface area contributed by atoms with E-state index in [0.717, 1.165) is 18.8 Å². The standard InChI is InChI=1S/C15H23N3O4S/c1-11-3-5-12(6-4-11)9-14-16-17-15(22-14)13-10-18(7-8-21-13)23(2,19)20/h9,11,13H,3-8,10H2,1-2H3/t11?,13-/m0/s1. The Labute approximate surface area is 136 Å². The van der Waals surface area contributed by atoms with Gasteiger partial charge < -0.3 is 9.15 Å². The molecule has 1 saturated heterocycles. The van der Waals surface area contributed by atoms with Gasteiger partial charge in [-0.1, -0.05) is 12.5 Å². The largest absolute Gasteiger partial charge is 0.418 e. The van der Waals surface area contributed by atoms with Crippen molar-refractivity contribution in [1.29, 1.82) is 0 Å². The Bertz CT molecular complexity index is 673. The fourth-order valence-electron chi connectivity index (χ4n) is 2.96. The van der Waals surface area contributed by atoms with E-state index in [1.807, 2.05) is 6.08 Å². The molecule has 0 aromatic carbocycles. The molecule has 1 aliphatic heterocycles. The molecule has 0 N–H and O–H groups in total. The van der Waals surface area contributed by atoms with Crippen LogP contribution in [-0.2, 0) is 14.8 Å². The zero-order chi connectivity index (χ0) is 16.4. The molecule has 0 bridgehead atoms. The third-order valence-electron chi connectivity index (χ3n) is 4.47. The van der Waals surface area contributed by atoms with Gasteiger partial charge in [-0.2, -0.15) is 4.31 Å². The second-order valence-electron chi connectivity index (χ2n) is 6.44. The second kappa shape index (κ2) is 6.70. The number of allylic oxidation sites excluding steroid dienone is 1. The summed E-state index contributed by atoms with van der Waals surface area (Å²) in [4.78, 5) is 0. The van der Waals surface area contributed by atoms with Gasteiger partial charge in [-0.3, -0.25) is 0 Å². The van der Waals surface area contributed by atoms with Gasteiger partial charge in [-0.15, -0.1) is 10.2 Å². The normalized spacial score (nSPS) is 27.1. The van der Waals surface area contributed by atoms with E-state index in [2.05, 4.69) is 17.1 Å². The maximum atomic E-state index is 11.7. The van der Waals surface area contributed by atoms with Crippen molar-refractivity contribution in [3.63, 3.8) is 0 Å². The summed E-state index contributed by atoms with van der Waals surface area (Å²) in [5.41, 5.74) is 1.33. The Morgan fingerprint density at radius 2 is 2.00 bits per heavy atom. The van der Waals surface area contributed by atoms with Crippen molar-refractivity contribution in [3.8, 4) is 0 Å². The van der Waals surface area contributed by atoms with Gasteiger partial charge in [0, 0.05) is 19.2 Å². The summed E-state index contributed by atoms with van der Waals surface area (Å²) in [6.45, 7) is 3.18. The minimum absolute atomic E-state index is 0.217. The van der Waals surface area contributed by atoms with E-state index in [9.17, 15) is 8.42 Å². The third kappa shape index (κ3) is 4.19. The molecule has 7 nitrogen and oxygen atoms in total. The Kier molecular flexibility index (Phi) is 4.84. The molecule has 0 amide bonds. The van der Waals surface area contributed by atoms with E-state index in [1.165, 1.54) is 29.0 Å². The summed E-state index contributed by atoms with van der Waals surface area (Å²) in [7, 11) is -3.24. The van der Waals surface area contributed by atoms with Gasteiger partial charge >= 0.3 is 0 Å². The molecule has 2 heterocycles. The molecule has 0 spiro atoms. The average Bonchev–Trinajstić information content (AvgIpc) is 2.97. The molecule has 8 heteroatoms. The molecule has 1 aromatic rings. The van der Waals surface area contributed by atoms with Gasteiger partial charge in [0.05, 0.1) is 12.9 Å². The number of sulfonamides is 1. The summed E-state index contributed by atoms with van der Waals surface area (Å²) in [6.07, 6.45) is 7.19. The van der Waals surface area contributed by atoms with Gasteiger partial charge in [0.25, 0.3) is 0 Å². The molecular weight excluding hydrogens is 318 g/mol. The Hall–Kier alpha value is -1.25. The minimum Gasteiger partial charge on any atom is -0.418 e. The van der Waals surface area contributed by atoms with Crippen LogP contribution < -0.4 is 0 Å². The lowest BCUT2D eigenvalue weighted by Crippen LogP contribution is -2.41. The van der Waals surface area contributed by atoms with E-state index in [1.54, 1.807) is 0 Å². The van der Waals surface area contributed by atoms with Crippen LogP contribution in [0, 0.1) is 5.92 Å². The van der Waals surface area contributed by atoms with E-state index in [0.29, 0.717) is 24.9 Å². The first-order chi connectivity index (χ1) is 10.9. The van der Waals surface area contributed by atoms with Gasteiger partial charge in [0.15, 0.2) is 0 Å². The van der Waals surface area contributed by atoms with Crippen molar-refractivity contribution < 1.29 is 17.6 Å². The van der Waals surface area contributed by atoms with Crippen molar-refractivity contribution >= 4 is 16.1 Å². The number of hydrogen-bond donors (Lipinski definition) is 0. The molecule has 1 atom stereocenters. The average molecular weight is 341 g/mol. The summed E-state index contributed by atoms with van der Waals surface area (Å²) in [5, 5.41) is 8.08. The monoisotopic (exact) mass is 341 g/mol. The van der Waals surface area contributed by atoms with Crippen LogP contribution in [0.25, 0.3) is 6.08 Å². The van der Waals surface area contributed by atoms with Gasteiger partial charge in [0.1, 0.15) is 6.10 Å². The van der Waals surface area contributed by atoms with Crippen molar-refractivity contribution in [3.05, 3.63) is 17.4 Å². The van der Waals surface area contributed by atoms with Crippen LogP contribution in [0.1, 0.15) is 50.5 Å². The van der Waals surface area contributed by atoms with Crippen molar-refractivity contribution in [2.24, 2.45) is 5.92 Å². The lowest BCUT2D eigenvalue weighted by molar-refractivity contribution is -0.0172. The molecular formula is C15H23N3O4S. The Morgan fingerprint density at radius 3 is 2.70 bits per heavy atom. The third-order valence-corrected chi connectivity index (χ3v) is 5.74. The van der Waals surface area contributed by atoms with E-state index in [-0.39, 0.29) is 6.54 Å². The highest BCUT2D eigenvalue weighted by Gasteiger charge is 2.30. The van der Waals surface area contributed by atoms with Crippen LogP contribution in [0.2, 0.25) is 0 Å². The number of aromatic nitrogens is 2. The van der Waals surface area contributed by atoms with Crippen LogP contribution in [0.5, 0.6) is 0 Å². The first-order valence-corrected chi connectivity index (χ1v) is 9.86. The van der Waals surface area contributed by atoms with Crippen LogP contribution in [-0.4, -0.2) is 48.9 Å². The quantitative estimate of drug-likeness (QED) is 0.836. The SMILES string of the molecule is CC1CCC(=Cc2nnc([C@@H]3CN(S(C)(=O)=O)CCO3)o2)CC1. The first-order valence-electron chi connectivity index (χ1n) is 8.01. The highest BCUT2D eigenvalue weighted by Crippen LogP contribution is 2.29. The molecule has 0 radical (unpaired) electrons. The predicted octanol–water partition coefficient (Wildman–Crippen LogP) is 2.00. The maximum absolute atomic E-state index is 11.7. The zero-order valence-corrected chi connectivity index (χ0v) is 14.4. The number of rotatable bonds is 3.